The van der Waals surface area contributed by atoms with Crippen molar-refractivity contribution in [3.05, 3.63) is 0 Å². The summed E-state index contributed by atoms with van der Waals surface area (Å²) in [6.45, 7) is 1.92. The van der Waals surface area contributed by atoms with Crippen LogP contribution in [-0.4, -0.2) is 24.4 Å². The highest BCUT2D eigenvalue weighted by Crippen LogP contribution is 2.09. The third-order valence-electron chi connectivity index (χ3n) is 0.776. The van der Waals surface area contributed by atoms with E-state index in [4.69, 9.17) is 0 Å². The molecule has 0 unspecified atom stereocenters. The van der Waals surface area contributed by atoms with E-state index in [0.29, 0.717) is 5.75 Å². The Morgan fingerprint density at radius 3 is 2.40 bits per heavy atom. The van der Waals surface area contributed by atoms with Gasteiger partial charge in [-0.1, -0.05) is 6.92 Å². The first-order chi connectivity index (χ1) is 4.56. The van der Waals surface area contributed by atoms with E-state index >= 15 is 0 Å². The van der Waals surface area contributed by atoms with Gasteiger partial charge in [-0.3, -0.25) is 0 Å². The van der Waals surface area contributed by atoms with Crippen LogP contribution in [0, 0.1) is 0 Å². The standard InChI is InChI=1S/C5H10F3NS/c1-2-10-4-3-9-5(6,7)8/h9H,2-4H2,1H3. The Hall–Kier alpha value is 0.100. The number of halogens is 3. The monoisotopic (exact) mass is 173 g/mol. The Kier molecular flexibility index (Phi) is 4.89. The summed E-state index contributed by atoms with van der Waals surface area (Å²) in [7, 11) is 0. The van der Waals surface area contributed by atoms with Crippen LogP contribution in [0.2, 0.25) is 0 Å². The quantitative estimate of drug-likeness (QED) is 0.514. The fourth-order valence-electron chi connectivity index (χ4n) is 0.409. The van der Waals surface area contributed by atoms with Crippen molar-refractivity contribution in [1.29, 1.82) is 0 Å². The van der Waals surface area contributed by atoms with Crippen molar-refractivity contribution in [2.45, 2.75) is 13.2 Å². The van der Waals surface area contributed by atoms with Crippen molar-refractivity contribution in [1.82, 2.24) is 5.32 Å². The highest BCUT2D eigenvalue weighted by Gasteiger charge is 2.25. The summed E-state index contributed by atoms with van der Waals surface area (Å²) in [6.07, 6.45) is -4.21. The van der Waals surface area contributed by atoms with Crippen molar-refractivity contribution in [3.8, 4) is 0 Å². The summed E-state index contributed by atoms with van der Waals surface area (Å²) in [5.74, 6) is 1.37. The molecule has 0 aromatic rings. The maximum atomic E-state index is 11.4. The molecule has 0 aromatic heterocycles. The van der Waals surface area contributed by atoms with Crippen molar-refractivity contribution in [3.63, 3.8) is 0 Å². The summed E-state index contributed by atoms with van der Waals surface area (Å²) < 4.78 is 34.1. The van der Waals surface area contributed by atoms with Crippen molar-refractivity contribution in [2.24, 2.45) is 0 Å². The summed E-state index contributed by atoms with van der Waals surface area (Å²) in [5, 5.41) is 1.44. The lowest BCUT2D eigenvalue weighted by Crippen LogP contribution is -2.33. The van der Waals surface area contributed by atoms with Crippen LogP contribution in [0.5, 0.6) is 0 Å². The summed E-state index contributed by atoms with van der Waals surface area (Å²) in [6, 6.07) is 0. The van der Waals surface area contributed by atoms with E-state index in [9.17, 15) is 13.2 Å². The fourth-order valence-corrected chi connectivity index (χ4v) is 0.944. The number of rotatable bonds is 4. The van der Waals surface area contributed by atoms with Crippen LogP contribution < -0.4 is 5.32 Å². The smallest absolute Gasteiger partial charge is 0.227 e. The summed E-state index contributed by atoms with van der Waals surface area (Å²) in [4.78, 5) is 0. The van der Waals surface area contributed by atoms with Crippen LogP contribution in [0.4, 0.5) is 13.2 Å². The number of hydrogen-bond donors (Lipinski definition) is 1. The van der Waals surface area contributed by atoms with Crippen LogP contribution in [0.3, 0.4) is 0 Å². The zero-order valence-corrected chi connectivity index (χ0v) is 6.48. The van der Waals surface area contributed by atoms with Gasteiger partial charge in [-0.15, -0.1) is 0 Å². The number of alkyl halides is 3. The lowest BCUT2D eigenvalue weighted by Gasteiger charge is -2.06. The first kappa shape index (κ1) is 10.1. The van der Waals surface area contributed by atoms with Gasteiger partial charge in [0.1, 0.15) is 0 Å². The lowest BCUT2D eigenvalue weighted by atomic mass is 10.7. The van der Waals surface area contributed by atoms with Crippen LogP contribution in [0.25, 0.3) is 0 Å². The Balaban J connectivity index is 3.04. The molecular formula is C5H10F3NS. The van der Waals surface area contributed by atoms with Gasteiger partial charge in [0.2, 0.25) is 0 Å². The number of nitrogens with one attached hydrogen (secondary N) is 1. The molecule has 0 bridgehead atoms. The highest BCUT2D eigenvalue weighted by atomic mass is 32.2. The van der Waals surface area contributed by atoms with Crippen molar-refractivity contribution < 1.29 is 13.2 Å². The molecule has 0 amide bonds. The van der Waals surface area contributed by atoms with E-state index in [2.05, 4.69) is 0 Å². The molecule has 10 heavy (non-hydrogen) atoms. The van der Waals surface area contributed by atoms with E-state index in [1.54, 1.807) is 0 Å². The molecule has 0 aliphatic carbocycles. The number of thioether (sulfide) groups is 1. The first-order valence-electron chi connectivity index (χ1n) is 2.95. The van der Waals surface area contributed by atoms with Gasteiger partial charge in [-0.25, -0.2) is 5.32 Å². The van der Waals surface area contributed by atoms with Gasteiger partial charge in [0.15, 0.2) is 0 Å². The lowest BCUT2D eigenvalue weighted by molar-refractivity contribution is -0.155. The Morgan fingerprint density at radius 1 is 1.40 bits per heavy atom. The van der Waals surface area contributed by atoms with Gasteiger partial charge in [0.25, 0.3) is 0 Å². The highest BCUT2D eigenvalue weighted by molar-refractivity contribution is 7.99. The van der Waals surface area contributed by atoms with Gasteiger partial charge in [0.05, 0.1) is 0 Å². The minimum Gasteiger partial charge on any atom is -0.227 e. The van der Waals surface area contributed by atoms with Gasteiger partial charge in [0, 0.05) is 12.3 Å². The Bertz CT molecular complexity index is 83.5. The molecule has 0 rings (SSSR count). The largest absolute Gasteiger partial charge is 0.457 e. The first-order valence-corrected chi connectivity index (χ1v) is 4.11. The zero-order valence-electron chi connectivity index (χ0n) is 5.66. The summed E-state index contributed by atoms with van der Waals surface area (Å²) >= 11 is 1.49. The molecule has 0 saturated heterocycles. The minimum atomic E-state index is -4.21. The van der Waals surface area contributed by atoms with Gasteiger partial charge in [-0.2, -0.15) is 24.9 Å². The molecule has 62 valence electrons. The van der Waals surface area contributed by atoms with E-state index in [-0.39, 0.29) is 6.54 Å². The molecule has 5 heteroatoms. The third-order valence-corrected chi connectivity index (χ3v) is 1.68. The molecule has 0 heterocycles. The second-order valence-electron chi connectivity index (χ2n) is 1.62. The van der Waals surface area contributed by atoms with E-state index < -0.39 is 6.30 Å². The van der Waals surface area contributed by atoms with Crippen LogP contribution in [0.1, 0.15) is 6.92 Å². The van der Waals surface area contributed by atoms with Crippen LogP contribution in [0.15, 0.2) is 0 Å². The summed E-state index contributed by atoms with van der Waals surface area (Å²) in [5.41, 5.74) is 0. The van der Waals surface area contributed by atoms with Crippen LogP contribution >= 0.6 is 11.8 Å². The molecule has 0 atom stereocenters. The second-order valence-corrected chi connectivity index (χ2v) is 3.02. The van der Waals surface area contributed by atoms with E-state index in [1.807, 2.05) is 6.92 Å². The van der Waals surface area contributed by atoms with Gasteiger partial charge < -0.3 is 0 Å². The van der Waals surface area contributed by atoms with Crippen molar-refractivity contribution >= 4 is 11.8 Å². The van der Waals surface area contributed by atoms with Gasteiger partial charge >= 0.3 is 6.30 Å². The minimum absolute atomic E-state index is 0.00199. The maximum Gasteiger partial charge on any atom is 0.457 e. The molecule has 0 aromatic carbocycles. The molecule has 0 spiro atoms. The topological polar surface area (TPSA) is 12.0 Å². The molecule has 1 N–H and O–H groups in total. The van der Waals surface area contributed by atoms with Crippen molar-refractivity contribution in [2.75, 3.05) is 18.1 Å². The molecule has 1 nitrogen and oxygen atoms in total. The predicted molar refractivity (Wildman–Crippen MR) is 37.1 cm³/mol. The zero-order chi connectivity index (χ0) is 8.04. The average Bonchev–Trinajstić information content (AvgIpc) is 1.78. The number of hydrogen-bond acceptors (Lipinski definition) is 2. The molecular weight excluding hydrogens is 163 g/mol. The van der Waals surface area contributed by atoms with E-state index in [1.165, 1.54) is 17.1 Å². The third kappa shape index (κ3) is 8.10. The molecule has 0 fully saturated rings. The molecule has 0 radical (unpaired) electrons. The normalized spacial score (nSPS) is 12.0. The van der Waals surface area contributed by atoms with Gasteiger partial charge in [-0.05, 0) is 5.75 Å². The predicted octanol–water partition coefficient (Wildman–Crippen LogP) is 1.85. The maximum absolute atomic E-state index is 11.4. The Morgan fingerprint density at radius 2 is 2.00 bits per heavy atom. The molecule has 0 saturated carbocycles. The molecule has 0 aliphatic rings. The second kappa shape index (κ2) is 4.85. The molecule has 0 aliphatic heterocycles. The van der Waals surface area contributed by atoms with Crippen LogP contribution in [-0.2, 0) is 0 Å². The Labute approximate surface area is 62.4 Å². The van der Waals surface area contributed by atoms with E-state index in [0.717, 1.165) is 5.75 Å². The SMILES string of the molecule is CCSCCNC(F)(F)F. The fraction of sp³-hybridized carbons (Fsp3) is 1.00. The average molecular weight is 173 g/mol.